The number of nitriles is 1. The Labute approximate surface area is 98.0 Å². The standard InChI is InChI=1S/C11H15F3N2O/c12-11(13,14)9-4-2-8(3-5-9)10(17)16-7-1-6-15/h8-9H,1-5,7H2,(H,16,17). The predicted molar refractivity (Wildman–Crippen MR) is 54.7 cm³/mol. The van der Waals surface area contributed by atoms with E-state index in [1.807, 2.05) is 6.07 Å². The van der Waals surface area contributed by atoms with Crippen molar-refractivity contribution in [2.24, 2.45) is 11.8 Å². The van der Waals surface area contributed by atoms with Crippen molar-refractivity contribution in [3.8, 4) is 6.07 Å². The van der Waals surface area contributed by atoms with Gasteiger partial charge in [0, 0.05) is 12.5 Å². The van der Waals surface area contributed by atoms with Gasteiger partial charge in [0.05, 0.1) is 18.4 Å². The highest BCUT2D eigenvalue weighted by molar-refractivity contribution is 5.78. The van der Waals surface area contributed by atoms with Crippen molar-refractivity contribution in [3.05, 3.63) is 0 Å². The monoisotopic (exact) mass is 248 g/mol. The molecule has 1 amide bonds. The summed E-state index contributed by atoms with van der Waals surface area (Å²) in [5, 5.41) is 10.9. The van der Waals surface area contributed by atoms with E-state index in [4.69, 9.17) is 5.26 Å². The summed E-state index contributed by atoms with van der Waals surface area (Å²) >= 11 is 0. The van der Waals surface area contributed by atoms with Crippen molar-refractivity contribution >= 4 is 5.91 Å². The molecule has 0 aromatic carbocycles. The van der Waals surface area contributed by atoms with Gasteiger partial charge in [0.25, 0.3) is 0 Å². The number of hydrogen-bond donors (Lipinski definition) is 1. The lowest BCUT2D eigenvalue weighted by Crippen LogP contribution is -2.36. The molecule has 0 heterocycles. The molecule has 17 heavy (non-hydrogen) atoms. The van der Waals surface area contributed by atoms with E-state index in [0.717, 1.165) is 0 Å². The van der Waals surface area contributed by atoms with E-state index >= 15 is 0 Å². The first-order valence-electron chi connectivity index (χ1n) is 5.66. The molecule has 1 aliphatic carbocycles. The van der Waals surface area contributed by atoms with Crippen LogP contribution in [0.4, 0.5) is 13.2 Å². The molecular weight excluding hydrogens is 233 g/mol. The number of alkyl halides is 3. The number of nitrogens with one attached hydrogen (secondary N) is 1. The first-order chi connectivity index (χ1) is 7.95. The first-order valence-corrected chi connectivity index (χ1v) is 5.66. The molecule has 0 saturated heterocycles. The molecular formula is C11H15F3N2O. The fourth-order valence-corrected chi connectivity index (χ4v) is 2.07. The lowest BCUT2D eigenvalue weighted by Gasteiger charge is -2.29. The van der Waals surface area contributed by atoms with Crippen LogP contribution < -0.4 is 5.32 Å². The molecule has 0 spiro atoms. The van der Waals surface area contributed by atoms with Gasteiger partial charge in [0.1, 0.15) is 0 Å². The smallest absolute Gasteiger partial charge is 0.355 e. The lowest BCUT2D eigenvalue weighted by atomic mass is 9.81. The summed E-state index contributed by atoms with van der Waals surface area (Å²) in [4.78, 5) is 11.5. The number of carbonyl (C=O) groups excluding carboxylic acids is 1. The highest BCUT2D eigenvalue weighted by atomic mass is 19.4. The number of rotatable bonds is 3. The minimum Gasteiger partial charge on any atom is -0.355 e. The van der Waals surface area contributed by atoms with Crippen LogP contribution in [0, 0.1) is 23.2 Å². The Bertz CT molecular complexity index is 301. The van der Waals surface area contributed by atoms with Gasteiger partial charge in [-0.05, 0) is 25.7 Å². The summed E-state index contributed by atoms with van der Waals surface area (Å²) in [6, 6.07) is 1.89. The molecule has 0 atom stereocenters. The summed E-state index contributed by atoms with van der Waals surface area (Å²) in [6.45, 7) is 0.272. The Hall–Kier alpha value is -1.25. The normalized spacial score (nSPS) is 25.1. The van der Waals surface area contributed by atoms with Crippen molar-refractivity contribution in [2.45, 2.75) is 38.3 Å². The SMILES string of the molecule is N#CCCNC(=O)C1CCC(C(F)(F)F)CC1. The zero-order valence-corrected chi connectivity index (χ0v) is 9.39. The van der Waals surface area contributed by atoms with Gasteiger partial charge in [-0.2, -0.15) is 18.4 Å². The minimum atomic E-state index is -4.14. The Morgan fingerprint density at radius 3 is 2.35 bits per heavy atom. The second kappa shape index (κ2) is 5.89. The van der Waals surface area contributed by atoms with Crippen LogP contribution in [0.25, 0.3) is 0 Å². The van der Waals surface area contributed by atoms with Crippen LogP contribution in [0.1, 0.15) is 32.1 Å². The molecule has 0 aliphatic heterocycles. The van der Waals surface area contributed by atoms with Gasteiger partial charge in [0.15, 0.2) is 0 Å². The van der Waals surface area contributed by atoms with E-state index in [2.05, 4.69) is 5.32 Å². The summed E-state index contributed by atoms with van der Waals surface area (Å²) < 4.78 is 37.1. The molecule has 0 aromatic rings. The third-order valence-electron chi connectivity index (χ3n) is 3.10. The maximum Gasteiger partial charge on any atom is 0.391 e. The average Bonchev–Trinajstić information content (AvgIpc) is 2.28. The summed E-state index contributed by atoms with van der Waals surface area (Å²) in [5.74, 6) is -1.81. The molecule has 0 bridgehead atoms. The second-order valence-electron chi connectivity index (χ2n) is 4.29. The predicted octanol–water partition coefficient (Wildman–Crippen LogP) is 2.38. The zero-order chi connectivity index (χ0) is 12.9. The number of carbonyl (C=O) groups is 1. The third-order valence-corrected chi connectivity index (χ3v) is 3.10. The van der Waals surface area contributed by atoms with Gasteiger partial charge in [-0.1, -0.05) is 0 Å². The van der Waals surface area contributed by atoms with Crippen molar-refractivity contribution in [1.29, 1.82) is 5.26 Å². The van der Waals surface area contributed by atoms with Gasteiger partial charge in [-0.15, -0.1) is 0 Å². The van der Waals surface area contributed by atoms with E-state index in [1.54, 1.807) is 0 Å². The molecule has 1 aliphatic rings. The highest BCUT2D eigenvalue weighted by Crippen LogP contribution is 2.39. The average molecular weight is 248 g/mol. The van der Waals surface area contributed by atoms with Gasteiger partial charge in [-0.25, -0.2) is 0 Å². The topological polar surface area (TPSA) is 52.9 Å². The molecule has 0 aromatic heterocycles. The Kier molecular flexibility index (Phi) is 4.79. The fraction of sp³-hybridized carbons (Fsp3) is 0.818. The molecule has 96 valence electrons. The van der Waals surface area contributed by atoms with Crippen molar-refractivity contribution in [1.82, 2.24) is 5.32 Å². The van der Waals surface area contributed by atoms with E-state index in [1.165, 1.54) is 0 Å². The van der Waals surface area contributed by atoms with Gasteiger partial charge >= 0.3 is 6.18 Å². The molecule has 3 nitrogen and oxygen atoms in total. The van der Waals surface area contributed by atoms with Crippen LogP contribution in [-0.2, 0) is 4.79 Å². The third kappa shape index (κ3) is 4.25. The molecule has 1 fully saturated rings. The van der Waals surface area contributed by atoms with E-state index in [-0.39, 0.29) is 50.5 Å². The molecule has 1 rings (SSSR count). The van der Waals surface area contributed by atoms with Crippen LogP contribution in [0.3, 0.4) is 0 Å². The van der Waals surface area contributed by atoms with Crippen LogP contribution >= 0.6 is 0 Å². The molecule has 0 unspecified atom stereocenters. The lowest BCUT2D eigenvalue weighted by molar-refractivity contribution is -0.184. The maximum atomic E-state index is 12.4. The van der Waals surface area contributed by atoms with Gasteiger partial charge in [0.2, 0.25) is 5.91 Å². The molecule has 1 saturated carbocycles. The summed E-state index contributed by atoms with van der Waals surface area (Å²) in [6.07, 6.45) is -3.29. The number of amides is 1. The van der Waals surface area contributed by atoms with Crippen molar-refractivity contribution < 1.29 is 18.0 Å². The first kappa shape index (κ1) is 13.8. The van der Waals surface area contributed by atoms with Crippen LogP contribution in [-0.4, -0.2) is 18.6 Å². The number of halogens is 3. The number of nitrogens with zero attached hydrogens (tertiary/aromatic N) is 1. The molecule has 0 radical (unpaired) electrons. The summed E-state index contributed by atoms with van der Waals surface area (Å²) in [5.41, 5.74) is 0. The Morgan fingerprint density at radius 1 is 1.29 bits per heavy atom. The molecule has 1 N–H and O–H groups in total. The van der Waals surface area contributed by atoms with Gasteiger partial charge < -0.3 is 5.32 Å². The van der Waals surface area contributed by atoms with Crippen LogP contribution in [0.15, 0.2) is 0 Å². The van der Waals surface area contributed by atoms with Gasteiger partial charge in [-0.3, -0.25) is 4.79 Å². The number of hydrogen-bond acceptors (Lipinski definition) is 2. The Morgan fingerprint density at radius 2 is 1.88 bits per heavy atom. The van der Waals surface area contributed by atoms with Crippen LogP contribution in [0.2, 0.25) is 0 Å². The van der Waals surface area contributed by atoms with Crippen molar-refractivity contribution in [3.63, 3.8) is 0 Å². The fourth-order valence-electron chi connectivity index (χ4n) is 2.07. The maximum absolute atomic E-state index is 12.4. The van der Waals surface area contributed by atoms with E-state index < -0.39 is 12.1 Å². The quantitative estimate of drug-likeness (QED) is 0.779. The highest BCUT2D eigenvalue weighted by Gasteiger charge is 2.42. The largest absolute Gasteiger partial charge is 0.391 e. The van der Waals surface area contributed by atoms with E-state index in [0.29, 0.717) is 0 Å². The van der Waals surface area contributed by atoms with Crippen molar-refractivity contribution in [2.75, 3.05) is 6.54 Å². The second-order valence-corrected chi connectivity index (χ2v) is 4.29. The minimum absolute atomic E-state index is 0.0276. The van der Waals surface area contributed by atoms with E-state index in [9.17, 15) is 18.0 Å². The van der Waals surface area contributed by atoms with Crippen LogP contribution in [0.5, 0.6) is 0 Å². The Balaban J connectivity index is 2.32. The zero-order valence-electron chi connectivity index (χ0n) is 9.39. The molecule has 6 heteroatoms. The summed E-state index contributed by atoms with van der Waals surface area (Å²) in [7, 11) is 0.